The van der Waals surface area contributed by atoms with Crippen molar-refractivity contribution in [1.29, 1.82) is 0 Å². The Labute approximate surface area is 135 Å². The van der Waals surface area contributed by atoms with Crippen molar-refractivity contribution in [2.45, 2.75) is 32.4 Å². The molecule has 0 N–H and O–H groups in total. The summed E-state index contributed by atoms with van der Waals surface area (Å²) < 4.78 is 7.56. The Hall–Kier alpha value is -2.30. The SMILES string of the molecule is O=C1c2cc(OCc3ccccc3)nn2CCCN1CC1CC1. The van der Waals surface area contributed by atoms with E-state index < -0.39 is 0 Å². The van der Waals surface area contributed by atoms with E-state index in [-0.39, 0.29) is 5.91 Å². The second-order valence-electron chi connectivity index (χ2n) is 6.41. The van der Waals surface area contributed by atoms with Gasteiger partial charge in [0, 0.05) is 25.7 Å². The van der Waals surface area contributed by atoms with Crippen LogP contribution in [-0.4, -0.2) is 33.7 Å². The molecule has 0 radical (unpaired) electrons. The van der Waals surface area contributed by atoms with Crippen LogP contribution in [0.5, 0.6) is 5.88 Å². The van der Waals surface area contributed by atoms with Gasteiger partial charge in [-0.3, -0.25) is 9.48 Å². The van der Waals surface area contributed by atoms with E-state index in [9.17, 15) is 4.79 Å². The first-order valence-electron chi connectivity index (χ1n) is 8.33. The average Bonchev–Trinajstić information content (AvgIpc) is 3.32. The van der Waals surface area contributed by atoms with Crippen LogP contribution in [-0.2, 0) is 13.2 Å². The highest BCUT2D eigenvalue weighted by atomic mass is 16.5. The smallest absolute Gasteiger partial charge is 0.272 e. The van der Waals surface area contributed by atoms with Gasteiger partial charge in [0.25, 0.3) is 5.91 Å². The van der Waals surface area contributed by atoms with Gasteiger partial charge in [0.15, 0.2) is 0 Å². The molecule has 1 aliphatic heterocycles. The number of hydrogen-bond acceptors (Lipinski definition) is 3. The van der Waals surface area contributed by atoms with E-state index in [1.165, 1.54) is 12.8 Å². The van der Waals surface area contributed by atoms with Gasteiger partial charge in [-0.05, 0) is 30.7 Å². The molecule has 0 spiro atoms. The summed E-state index contributed by atoms with van der Waals surface area (Å²) in [5, 5.41) is 4.45. The predicted molar refractivity (Wildman–Crippen MR) is 86.2 cm³/mol. The van der Waals surface area contributed by atoms with Crippen molar-refractivity contribution < 1.29 is 9.53 Å². The highest BCUT2D eigenvalue weighted by molar-refractivity contribution is 5.93. The molecule has 1 aromatic heterocycles. The Morgan fingerprint density at radius 1 is 1.17 bits per heavy atom. The van der Waals surface area contributed by atoms with Crippen LogP contribution in [0.4, 0.5) is 0 Å². The standard InChI is InChI=1S/C18H21N3O2/c22-18-16-11-17(23-13-15-5-2-1-3-6-15)19-21(16)10-4-9-20(18)12-14-7-8-14/h1-3,5-6,11,14H,4,7-10,12-13H2. The van der Waals surface area contributed by atoms with Crippen LogP contribution in [0.25, 0.3) is 0 Å². The second kappa shape index (κ2) is 6.07. The van der Waals surface area contributed by atoms with Crippen LogP contribution in [0.15, 0.2) is 36.4 Å². The number of aromatic nitrogens is 2. The molecule has 5 nitrogen and oxygen atoms in total. The fraction of sp³-hybridized carbons (Fsp3) is 0.444. The predicted octanol–water partition coefficient (Wildman–Crippen LogP) is 2.72. The second-order valence-corrected chi connectivity index (χ2v) is 6.41. The topological polar surface area (TPSA) is 47.4 Å². The molecule has 0 saturated heterocycles. The molecule has 2 aliphatic rings. The number of nitrogens with zero attached hydrogens (tertiary/aromatic N) is 3. The third kappa shape index (κ3) is 3.23. The van der Waals surface area contributed by atoms with Gasteiger partial charge in [-0.25, -0.2) is 0 Å². The lowest BCUT2D eigenvalue weighted by molar-refractivity contribution is 0.0750. The summed E-state index contributed by atoms with van der Waals surface area (Å²) in [5.41, 5.74) is 1.75. The molecule has 1 saturated carbocycles. The molecule has 4 rings (SSSR count). The maximum absolute atomic E-state index is 12.7. The number of hydrogen-bond donors (Lipinski definition) is 0. The quantitative estimate of drug-likeness (QED) is 0.853. The summed E-state index contributed by atoms with van der Waals surface area (Å²) in [6, 6.07) is 11.8. The van der Waals surface area contributed by atoms with E-state index in [1.807, 2.05) is 35.2 Å². The van der Waals surface area contributed by atoms with Crippen LogP contribution in [0.2, 0.25) is 0 Å². The van der Waals surface area contributed by atoms with Crippen LogP contribution in [0.3, 0.4) is 0 Å². The lowest BCUT2D eigenvalue weighted by Gasteiger charge is -2.19. The van der Waals surface area contributed by atoms with Crippen LogP contribution in [0.1, 0.15) is 35.3 Å². The molecule has 0 atom stereocenters. The normalized spacial score (nSPS) is 17.7. The first kappa shape index (κ1) is 14.3. The number of benzene rings is 1. The maximum atomic E-state index is 12.7. The Morgan fingerprint density at radius 3 is 2.78 bits per heavy atom. The van der Waals surface area contributed by atoms with Gasteiger partial charge in [0.1, 0.15) is 12.3 Å². The van der Waals surface area contributed by atoms with Crippen molar-refractivity contribution in [3.8, 4) is 5.88 Å². The van der Waals surface area contributed by atoms with Crippen molar-refractivity contribution in [3.63, 3.8) is 0 Å². The molecule has 2 aromatic rings. The molecule has 2 heterocycles. The van der Waals surface area contributed by atoms with Gasteiger partial charge in [0.2, 0.25) is 5.88 Å². The monoisotopic (exact) mass is 311 g/mol. The Balaban J connectivity index is 1.47. The number of ether oxygens (including phenoxy) is 1. The van der Waals surface area contributed by atoms with Gasteiger partial charge in [-0.15, -0.1) is 5.10 Å². The zero-order valence-corrected chi connectivity index (χ0v) is 13.1. The number of rotatable bonds is 5. The Bertz CT molecular complexity index is 692. The van der Waals surface area contributed by atoms with Crippen LogP contribution in [0, 0.1) is 5.92 Å². The van der Waals surface area contributed by atoms with Gasteiger partial charge in [-0.2, -0.15) is 0 Å². The highest BCUT2D eigenvalue weighted by Gasteiger charge is 2.30. The summed E-state index contributed by atoms with van der Waals surface area (Å²) in [5.74, 6) is 1.34. The number of fused-ring (bicyclic) bond motifs is 1. The minimum Gasteiger partial charge on any atom is -0.472 e. The van der Waals surface area contributed by atoms with E-state index in [4.69, 9.17) is 4.74 Å². The van der Waals surface area contributed by atoms with Gasteiger partial charge < -0.3 is 9.64 Å². The molecule has 0 bridgehead atoms. The number of amides is 1. The van der Waals surface area contributed by atoms with E-state index in [0.717, 1.165) is 31.6 Å². The van der Waals surface area contributed by atoms with E-state index in [0.29, 0.717) is 24.1 Å². The zero-order chi connectivity index (χ0) is 15.6. The Kier molecular flexibility index (Phi) is 3.77. The lowest BCUT2D eigenvalue weighted by Crippen LogP contribution is -2.32. The summed E-state index contributed by atoms with van der Waals surface area (Å²) in [6.07, 6.45) is 3.47. The molecule has 1 aliphatic carbocycles. The zero-order valence-electron chi connectivity index (χ0n) is 13.1. The van der Waals surface area contributed by atoms with Crippen molar-refractivity contribution >= 4 is 5.91 Å². The van der Waals surface area contributed by atoms with Crippen LogP contribution >= 0.6 is 0 Å². The van der Waals surface area contributed by atoms with Crippen molar-refractivity contribution in [2.75, 3.05) is 13.1 Å². The molecule has 1 fully saturated rings. The molecule has 1 amide bonds. The molecule has 5 heteroatoms. The highest BCUT2D eigenvalue weighted by Crippen LogP contribution is 2.31. The molecule has 120 valence electrons. The van der Waals surface area contributed by atoms with Crippen LogP contribution < -0.4 is 4.74 Å². The first-order valence-corrected chi connectivity index (χ1v) is 8.33. The minimum atomic E-state index is 0.0939. The molecular weight excluding hydrogens is 290 g/mol. The van der Waals surface area contributed by atoms with E-state index in [1.54, 1.807) is 10.7 Å². The van der Waals surface area contributed by atoms with Gasteiger partial charge in [0.05, 0.1) is 0 Å². The molecular formula is C18H21N3O2. The lowest BCUT2D eigenvalue weighted by atomic mass is 10.2. The fourth-order valence-corrected chi connectivity index (χ4v) is 3.00. The third-order valence-electron chi connectivity index (χ3n) is 4.47. The Morgan fingerprint density at radius 2 is 2.00 bits per heavy atom. The van der Waals surface area contributed by atoms with Gasteiger partial charge >= 0.3 is 0 Å². The van der Waals surface area contributed by atoms with E-state index in [2.05, 4.69) is 5.10 Å². The maximum Gasteiger partial charge on any atom is 0.272 e. The number of aryl methyl sites for hydroxylation is 1. The first-order chi connectivity index (χ1) is 11.3. The summed E-state index contributed by atoms with van der Waals surface area (Å²) in [4.78, 5) is 14.7. The average molecular weight is 311 g/mol. The molecule has 23 heavy (non-hydrogen) atoms. The van der Waals surface area contributed by atoms with Crippen molar-refractivity contribution in [2.24, 2.45) is 5.92 Å². The summed E-state index contributed by atoms with van der Waals surface area (Å²) in [7, 11) is 0. The summed E-state index contributed by atoms with van der Waals surface area (Å²) in [6.45, 7) is 2.97. The van der Waals surface area contributed by atoms with Gasteiger partial charge in [-0.1, -0.05) is 30.3 Å². The van der Waals surface area contributed by atoms with Crippen molar-refractivity contribution in [3.05, 3.63) is 47.7 Å². The van der Waals surface area contributed by atoms with E-state index >= 15 is 0 Å². The molecule has 0 unspecified atom stereocenters. The third-order valence-corrected chi connectivity index (χ3v) is 4.47. The summed E-state index contributed by atoms with van der Waals surface area (Å²) >= 11 is 0. The minimum absolute atomic E-state index is 0.0939. The fourth-order valence-electron chi connectivity index (χ4n) is 3.00. The van der Waals surface area contributed by atoms with Crippen molar-refractivity contribution in [1.82, 2.24) is 14.7 Å². The number of carbonyl (C=O) groups is 1. The number of carbonyl (C=O) groups excluding carboxylic acids is 1. The largest absolute Gasteiger partial charge is 0.472 e. The molecule has 1 aromatic carbocycles.